The Labute approximate surface area is 85.3 Å². The lowest BCUT2D eigenvalue weighted by Crippen LogP contribution is -2.09. The van der Waals surface area contributed by atoms with Crippen molar-refractivity contribution < 1.29 is 23.4 Å². The molecule has 0 unspecified atom stereocenters. The molecule has 0 bridgehead atoms. The van der Waals surface area contributed by atoms with Crippen LogP contribution in [0.25, 0.3) is 0 Å². The van der Waals surface area contributed by atoms with Gasteiger partial charge in [-0.25, -0.2) is 13.6 Å². The summed E-state index contributed by atoms with van der Waals surface area (Å²) in [6.07, 6.45) is 0.150. The second-order valence-electron chi connectivity index (χ2n) is 2.93. The minimum atomic E-state index is -1.09. The topological polar surface area (TPSA) is 46.5 Å². The summed E-state index contributed by atoms with van der Waals surface area (Å²) in [7, 11) is 0. The standard InChI is InChI=1S/C10H10F2O3/c11-8-1-2-9(12)7(5-8)3-4-15-6-10(13)14/h1-2,5H,3-4,6H2,(H,13,14). The molecular formula is C10H10F2O3. The van der Waals surface area contributed by atoms with E-state index >= 15 is 0 Å². The van der Waals surface area contributed by atoms with Crippen molar-refractivity contribution in [2.75, 3.05) is 13.2 Å². The van der Waals surface area contributed by atoms with Crippen LogP contribution in [0.3, 0.4) is 0 Å². The van der Waals surface area contributed by atoms with Gasteiger partial charge < -0.3 is 9.84 Å². The van der Waals surface area contributed by atoms with Crippen LogP contribution in [0.15, 0.2) is 18.2 Å². The first-order valence-corrected chi connectivity index (χ1v) is 4.33. The van der Waals surface area contributed by atoms with E-state index in [2.05, 4.69) is 0 Å². The Bertz CT molecular complexity index is 353. The third-order valence-electron chi connectivity index (χ3n) is 1.75. The van der Waals surface area contributed by atoms with Crippen LogP contribution in [0.1, 0.15) is 5.56 Å². The maximum atomic E-state index is 13.0. The number of aliphatic carboxylic acids is 1. The fourth-order valence-corrected chi connectivity index (χ4v) is 1.08. The van der Waals surface area contributed by atoms with Gasteiger partial charge in [0, 0.05) is 0 Å². The largest absolute Gasteiger partial charge is 0.480 e. The SMILES string of the molecule is O=C(O)COCCc1cc(F)ccc1F. The number of rotatable bonds is 5. The molecule has 0 aliphatic heterocycles. The van der Waals surface area contributed by atoms with E-state index in [1.54, 1.807) is 0 Å². The summed E-state index contributed by atoms with van der Waals surface area (Å²) in [6, 6.07) is 3.12. The molecule has 0 saturated heterocycles. The smallest absolute Gasteiger partial charge is 0.329 e. The minimum Gasteiger partial charge on any atom is -0.480 e. The van der Waals surface area contributed by atoms with Crippen molar-refractivity contribution in [2.45, 2.75) is 6.42 Å². The van der Waals surface area contributed by atoms with E-state index in [1.807, 2.05) is 0 Å². The van der Waals surface area contributed by atoms with Gasteiger partial charge in [-0.1, -0.05) is 0 Å². The molecule has 0 spiro atoms. The minimum absolute atomic E-state index is 0.0483. The summed E-state index contributed by atoms with van der Waals surface area (Å²) in [4.78, 5) is 10.1. The molecule has 0 aliphatic rings. The molecule has 82 valence electrons. The number of carboxylic acid groups (broad SMARTS) is 1. The molecule has 1 aromatic carbocycles. The van der Waals surface area contributed by atoms with Gasteiger partial charge in [0.15, 0.2) is 0 Å². The van der Waals surface area contributed by atoms with Crippen molar-refractivity contribution in [3.8, 4) is 0 Å². The molecule has 5 heteroatoms. The first-order chi connectivity index (χ1) is 7.09. The van der Waals surface area contributed by atoms with E-state index in [0.29, 0.717) is 0 Å². The van der Waals surface area contributed by atoms with Crippen LogP contribution in [0, 0.1) is 11.6 Å². The van der Waals surface area contributed by atoms with Crippen LogP contribution in [0.5, 0.6) is 0 Å². The van der Waals surface area contributed by atoms with Crippen LogP contribution in [0.2, 0.25) is 0 Å². The summed E-state index contributed by atoms with van der Waals surface area (Å²) in [5.74, 6) is -2.13. The molecule has 0 saturated carbocycles. The molecule has 0 amide bonds. The second kappa shape index (κ2) is 5.41. The molecule has 0 radical (unpaired) electrons. The average molecular weight is 216 g/mol. The number of halogens is 2. The molecular weight excluding hydrogens is 206 g/mol. The quantitative estimate of drug-likeness (QED) is 0.760. The maximum Gasteiger partial charge on any atom is 0.329 e. The first kappa shape index (κ1) is 11.6. The van der Waals surface area contributed by atoms with Crippen LogP contribution in [0.4, 0.5) is 8.78 Å². The summed E-state index contributed by atoms with van der Waals surface area (Å²) in [6.45, 7) is -0.385. The van der Waals surface area contributed by atoms with Gasteiger partial charge in [0.25, 0.3) is 0 Å². The molecule has 0 aromatic heterocycles. The predicted octanol–water partition coefficient (Wildman–Crippen LogP) is 1.61. The second-order valence-corrected chi connectivity index (χ2v) is 2.93. The highest BCUT2D eigenvalue weighted by Gasteiger charge is 2.04. The Hall–Kier alpha value is -1.49. The zero-order chi connectivity index (χ0) is 11.3. The van der Waals surface area contributed by atoms with Crippen LogP contribution >= 0.6 is 0 Å². The molecule has 1 aromatic rings. The van der Waals surface area contributed by atoms with Gasteiger partial charge in [-0.05, 0) is 30.2 Å². The van der Waals surface area contributed by atoms with E-state index in [1.165, 1.54) is 0 Å². The monoisotopic (exact) mass is 216 g/mol. The van der Waals surface area contributed by atoms with Crippen LogP contribution in [-0.2, 0) is 16.0 Å². The fraction of sp³-hybridized carbons (Fsp3) is 0.300. The van der Waals surface area contributed by atoms with E-state index in [4.69, 9.17) is 9.84 Å². The van der Waals surface area contributed by atoms with Gasteiger partial charge in [0.1, 0.15) is 18.2 Å². The molecule has 0 heterocycles. The molecule has 0 aliphatic carbocycles. The third kappa shape index (κ3) is 4.03. The molecule has 1 N–H and O–H groups in total. The van der Waals surface area contributed by atoms with E-state index in [9.17, 15) is 13.6 Å². The summed E-state index contributed by atoms with van der Waals surface area (Å²) < 4.78 is 30.4. The van der Waals surface area contributed by atoms with Crippen molar-refractivity contribution in [2.24, 2.45) is 0 Å². The highest BCUT2D eigenvalue weighted by Crippen LogP contribution is 2.10. The molecule has 15 heavy (non-hydrogen) atoms. The van der Waals surface area contributed by atoms with Gasteiger partial charge >= 0.3 is 5.97 Å². The van der Waals surface area contributed by atoms with Gasteiger partial charge in [0.05, 0.1) is 6.61 Å². The number of carboxylic acids is 1. The zero-order valence-electron chi connectivity index (χ0n) is 7.87. The third-order valence-corrected chi connectivity index (χ3v) is 1.75. The lowest BCUT2D eigenvalue weighted by Gasteiger charge is -2.03. The van der Waals surface area contributed by atoms with E-state index in [-0.39, 0.29) is 18.6 Å². The van der Waals surface area contributed by atoms with Crippen molar-refractivity contribution in [3.05, 3.63) is 35.4 Å². The van der Waals surface area contributed by atoms with Crippen molar-refractivity contribution in [3.63, 3.8) is 0 Å². The summed E-state index contributed by atoms with van der Waals surface area (Å²) in [5.41, 5.74) is 0.181. The normalized spacial score (nSPS) is 10.3. The highest BCUT2D eigenvalue weighted by atomic mass is 19.1. The lowest BCUT2D eigenvalue weighted by molar-refractivity contribution is -0.142. The number of ether oxygens (including phenoxy) is 1. The molecule has 1 rings (SSSR count). The van der Waals surface area contributed by atoms with Crippen molar-refractivity contribution in [1.82, 2.24) is 0 Å². The van der Waals surface area contributed by atoms with Gasteiger partial charge in [-0.2, -0.15) is 0 Å². The first-order valence-electron chi connectivity index (χ1n) is 4.33. The van der Waals surface area contributed by atoms with Gasteiger partial charge in [0.2, 0.25) is 0 Å². The van der Waals surface area contributed by atoms with E-state index in [0.717, 1.165) is 18.2 Å². The number of carbonyl (C=O) groups is 1. The number of hydrogen-bond acceptors (Lipinski definition) is 2. The lowest BCUT2D eigenvalue weighted by atomic mass is 10.1. The van der Waals surface area contributed by atoms with Gasteiger partial charge in [-0.3, -0.25) is 0 Å². The Morgan fingerprint density at radius 1 is 1.40 bits per heavy atom. The van der Waals surface area contributed by atoms with Crippen LogP contribution in [-0.4, -0.2) is 24.3 Å². The van der Waals surface area contributed by atoms with Crippen molar-refractivity contribution in [1.29, 1.82) is 0 Å². The Morgan fingerprint density at radius 3 is 2.80 bits per heavy atom. The molecule has 0 atom stereocenters. The predicted molar refractivity (Wildman–Crippen MR) is 48.5 cm³/mol. The Balaban J connectivity index is 2.43. The van der Waals surface area contributed by atoms with Gasteiger partial charge in [-0.15, -0.1) is 0 Å². The molecule has 3 nitrogen and oxygen atoms in total. The van der Waals surface area contributed by atoms with Crippen LogP contribution < -0.4 is 0 Å². The van der Waals surface area contributed by atoms with Crippen molar-refractivity contribution >= 4 is 5.97 Å². The maximum absolute atomic E-state index is 13.0. The fourth-order valence-electron chi connectivity index (χ4n) is 1.08. The number of hydrogen-bond donors (Lipinski definition) is 1. The van der Waals surface area contributed by atoms with E-state index < -0.39 is 24.2 Å². The summed E-state index contributed by atoms with van der Waals surface area (Å²) in [5, 5.41) is 8.25. The molecule has 0 fully saturated rings. The Morgan fingerprint density at radius 2 is 2.13 bits per heavy atom. The highest BCUT2D eigenvalue weighted by molar-refractivity contribution is 5.67. The Kier molecular flexibility index (Phi) is 4.17. The number of benzene rings is 1. The summed E-state index contributed by atoms with van der Waals surface area (Å²) >= 11 is 0. The zero-order valence-corrected chi connectivity index (χ0v) is 7.87. The average Bonchev–Trinajstić information content (AvgIpc) is 2.17.